The molecule has 0 N–H and O–H groups in total. The molecular weight excluding hydrogens is 713 g/mol. The van der Waals surface area contributed by atoms with Crippen LogP contribution in [0.1, 0.15) is 0 Å². The number of para-hydroxylation sites is 2. The van der Waals surface area contributed by atoms with Crippen LogP contribution in [0.25, 0.3) is 121 Å². The van der Waals surface area contributed by atoms with E-state index in [1.165, 1.54) is 21.5 Å². The van der Waals surface area contributed by atoms with Gasteiger partial charge in [0.25, 0.3) is 0 Å². The fourth-order valence-electron chi connectivity index (χ4n) is 9.24. The van der Waals surface area contributed by atoms with E-state index >= 15 is 0 Å². The predicted molar refractivity (Wildman–Crippen MR) is 236 cm³/mol. The largest absolute Gasteiger partial charge is 0.456 e. The molecular formula is C52H30N4O2. The minimum atomic E-state index is 0.863. The van der Waals surface area contributed by atoms with E-state index in [0.717, 1.165) is 99.6 Å². The summed E-state index contributed by atoms with van der Waals surface area (Å²) in [5.41, 5.74) is 14.6. The number of rotatable bonds is 4. The summed E-state index contributed by atoms with van der Waals surface area (Å²) in [6.07, 6.45) is 7.63. The highest BCUT2D eigenvalue weighted by molar-refractivity contribution is 6.12. The van der Waals surface area contributed by atoms with Gasteiger partial charge in [-0.3, -0.25) is 9.97 Å². The number of aromatic nitrogens is 4. The Morgan fingerprint density at radius 2 is 0.724 bits per heavy atom. The number of hydrogen-bond donors (Lipinski definition) is 0. The predicted octanol–water partition coefficient (Wildman–Crippen LogP) is 13.8. The molecule has 6 nitrogen and oxygen atoms in total. The van der Waals surface area contributed by atoms with Crippen LogP contribution in [-0.2, 0) is 0 Å². The van der Waals surface area contributed by atoms with Crippen LogP contribution in [0.2, 0.25) is 0 Å². The summed E-state index contributed by atoms with van der Waals surface area (Å²) in [6, 6.07) is 56.0. The molecule has 0 aliphatic heterocycles. The van der Waals surface area contributed by atoms with Crippen molar-refractivity contribution in [2.45, 2.75) is 0 Å². The number of fused-ring (bicyclic) bond motifs is 12. The number of benzene rings is 7. The van der Waals surface area contributed by atoms with E-state index in [0.29, 0.717) is 0 Å². The molecule has 0 fully saturated rings. The van der Waals surface area contributed by atoms with Crippen molar-refractivity contribution in [3.63, 3.8) is 0 Å². The van der Waals surface area contributed by atoms with E-state index in [1.54, 1.807) is 0 Å². The zero-order valence-corrected chi connectivity index (χ0v) is 30.9. The number of furan rings is 2. The molecule has 0 saturated heterocycles. The van der Waals surface area contributed by atoms with Gasteiger partial charge in [-0.25, -0.2) is 0 Å². The second kappa shape index (κ2) is 11.8. The Labute approximate surface area is 330 Å². The third kappa shape index (κ3) is 4.48. The van der Waals surface area contributed by atoms with E-state index < -0.39 is 0 Å². The topological polar surface area (TPSA) is 61.9 Å². The van der Waals surface area contributed by atoms with E-state index in [2.05, 4.69) is 177 Å². The second-order valence-electron chi connectivity index (χ2n) is 15.1. The maximum Gasteiger partial charge on any atom is 0.135 e. The second-order valence-corrected chi connectivity index (χ2v) is 15.1. The third-order valence-corrected chi connectivity index (χ3v) is 11.9. The molecule has 270 valence electrons. The molecule has 13 aromatic rings. The van der Waals surface area contributed by atoms with Gasteiger partial charge >= 0.3 is 0 Å². The quantitative estimate of drug-likeness (QED) is 0.180. The highest BCUT2D eigenvalue weighted by Crippen LogP contribution is 2.39. The molecule has 6 heterocycles. The Morgan fingerprint density at radius 1 is 0.310 bits per heavy atom. The van der Waals surface area contributed by atoms with Crippen molar-refractivity contribution in [1.29, 1.82) is 0 Å². The molecule has 0 aliphatic carbocycles. The van der Waals surface area contributed by atoms with E-state index in [-0.39, 0.29) is 0 Å². The van der Waals surface area contributed by atoms with Crippen molar-refractivity contribution in [2.75, 3.05) is 0 Å². The average Bonchev–Trinajstić information content (AvgIpc) is 4.03. The molecule has 6 aromatic heterocycles. The zero-order chi connectivity index (χ0) is 37.9. The Hall–Kier alpha value is -7.96. The maximum atomic E-state index is 6.39. The van der Waals surface area contributed by atoms with Crippen molar-refractivity contribution >= 4 is 87.5 Å². The maximum absolute atomic E-state index is 6.39. The highest BCUT2D eigenvalue weighted by atomic mass is 16.3. The van der Waals surface area contributed by atoms with Gasteiger partial charge < -0.3 is 18.0 Å². The molecule has 0 aliphatic rings. The van der Waals surface area contributed by atoms with E-state index in [9.17, 15) is 0 Å². The van der Waals surface area contributed by atoms with Gasteiger partial charge in [-0.05, 0) is 113 Å². The molecule has 0 amide bonds. The fourth-order valence-corrected chi connectivity index (χ4v) is 9.24. The van der Waals surface area contributed by atoms with E-state index in [4.69, 9.17) is 8.83 Å². The molecule has 6 heteroatoms. The standard InChI is InChI=1S/C52H30N4O2/c1-3-10-45-37(8-1)39-20-22-53-29-47(39)55(45)35-14-18-51-43(27-35)41-25-33(12-16-49(41)57-51)31-6-5-7-32(24-31)34-13-17-50-42(26-34)44-28-36(15-19-52(44)58-50)56-46-11-4-2-9-38(46)40-21-23-54-30-48(40)56/h1-30H. The molecule has 0 spiro atoms. The van der Waals surface area contributed by atoms with Gasteiger partial charge in [-0.15, -0.1) is 0 Å². The van der Waals surface area contributed by atoms with Gasteiger partial charge in [0.15, 0.2) is 0 Å². The van der Waals surface area contributed by atoms with Crippen molar-refractivity contribution < 1.29 is 8.83 Å². The van der Waals surface area contributed by atoms with Crippen molar-refractivity contribution in [1.82, 2.24) is 19.1 Å². The summed E-state index contributed by atoms with van der Waals surface area (Å²) in [4.78, 5) is 8.96. The van der Waals surface area contributed by atoms with Crippen LogP contribution in [0, 0.1) is 0 Å². The number of pyridine rings is 2. The van der Waals surface area contributed by atoms with Crippen molar-refractivity contribution in [2.24, 2.45) is 0 Å². The Morgan fingerprint density at radius 3 is 1.22 bits per heavy atom. The first-order valence-electron chi connectivity index (χ1n) is 19.4. The summed E-state index contributed by atoms with van der Waals surface area (Å²) in [5, 5.41) is 9.11. The van der Waals surface area contributed by atoms with Crippen molar-refractivity contribution in [3.05, 3.63) is 183 Å². The molecule has 0 unspecified atom stereocenters. The van der Waals surface area contributed by atoms with E-state index in [1.807, 2.05) is 24.8 Å². The van der Waals surface area contributed by atoms with Gasteiger partial charge in [0, 0.05) is 66.9 Å². The Kier molecular flexibility index (Phi) is 6.35. The normalized spacial score (nSPS) is 12.1. The molecule has 0 atom stereocenters. The Balaban J connectivity index is 0.909. The molecule has 7 aromatic carbocycles. The van der Waals surface area contributed by atoms with Crippen LogP contribution in [-0.4, -0.2) is 19.1 Å². The lowest BCUT2D eigenvalue weighted by Gasteiger charge is -2.08. The van der Waals surface area contributed by atoms with Gasteiger partial charge in [0.05, 0.1) is 34.5 Å². The first kappa shape index (κ1) is 31.3. The van der Waals surface area contributed by atoms with Crippen LogP contribution in [0.4, 0.5) is 0 Å². The molecule has 58 heavy (non-hydrogen) atoms. The third-order valence-electron chi connectivity index (χ3n) is 11.9. The van der Waals surface area contributed by atoms with Gasteiger partial charge in [-0.2, -0.15) is 0 Å². The van der Waals surface area contributed by atoms with Crippen LogP contribution in [0.3, 0.4) is 0 Å². The lowest BCUT2D eigenvalue weighted by Crippen LogP contribution is -1.93. The van der Waals surface area contributed by atoms with Crippen LogP contribution in [0.15, 0.2) is 191 Å². The minimum Gasteiger partial charge on any atom is -0.456 e. The van der Waals surface area contributed by atoms with Gasteiger partial charge in [0.1, 0.15) is 22.3 Å². The van der Waals surface area contributed by atoms with Crippen molar-refractivity contribution in [3.8, 4) is 33.6 Å². The SMILES string of the molecule is c1cc(-c2ccc3oc4ccc(-n5c6ccccc6c6ccncc65)cc4c3c2)cc(-c2ccc3oc4ccc(-n5c6ccccc6c6ccncc65)cc4c3c2)c1. The number of nitrogens with zero attached hydrogens (tertiary/aromatic N) is 4. The van der Waals surface area contributed by atoms with Gasteiger partial charge in [0.2, 0.25) is 0 Å². The fraction of sp³-hybridized carbons (Fsp3) is 0. The summed E-state index contributed by atoms with van der Waals surface area (Å²) in [6.45, 7) is 0. The molecule has 0 bridgehead atoms. The summed E-state index contributed by atoms with van der Waals surface area (Å²) in [7, 11) is 0. The first-order chi connectivity index (χ1) is 28.7. The summed E-state index contributed by atoms with van der Waals surface area (Å²) < 4.78 is 17.4. The molecule has 0 saturated carbocycles. The number of hydrogen-bond acceptors (Lipinski definition) is 4. The summed E-state index contributed by atoms with van der Waals surface area (Å²) in [5.74, 6) is 0. The van der Waals surface area contributed by atoms with Crippen LogP contribution < -0.4 is 0 Å². The molecule has 0 radical (unpaired) electrons. The first-order valence-corrected chi connectivity index (χ1v) is 19.4. The lowest BCUT2D eigenvalue weighted by atomic mass is 9.97. The van der Waals surface area contributed by atoms with Gasteiger partial charge in [-0.1, -0.05) is 66.7 Å². The zero-order valence-electron chi connectivity index (χ0n) is 30.9. The highest BCUT2D eigenvalue weighted by Gasteiger charge is 2.17. The Bertz CT molecular complexity index is 3470. The smallest absolute Gasteiger partial charge is 0.135 e. The monoisotopic (exact) mass is 742 g/mol. The van der Waals surface area contributed by atoms with Crippen LogP contribution in [0.5, 0.6) is 0 Å². The summed E-state index contributed by atoms with van der Waals surface area (Å²) >= 11 is 0. The minimum absolute atomic E-state index is 0.863. The van der Waals surface area contributed by atoms with Crippen LogP contribution >= 0.6 is 0 Å². The lowest BCUT2D eigenvalue weighted by molar-refractivity contribution is 0.668. The average molecular weight is 743 g/mol. The molecule has 13 rings (SSSR count).